The number of halogens is 1. The number of rotatable bonds is 3. The molecule has 0 unspecified atom stereocenters. The molecule has 23 heavy (non-hydrogen) atoms. The van der Waals surface area contributed by atoms with Crippen LogP contribution in [0.25, 0.3) is 0 Å². The number of carbonyl (C=O) groups is 1. The predicted molar refractivity (Wildman–Crippen MR) is 88.2 cm³/mol. The summed E-state index contributed by atoms with van der Waals surface area (Å²) in [5.74, 6) is -0.817. The first-order valence-electron chi connectivity index (χ1n) is 7.42. The van der Waals surface area contributed by atoms with Crippen molar-refractivity contribution in [1.29, 1.82) is 0 Å². The molecule has 1 aliphatic heterocycles. The monoisotopic (exact) mass is 315 g/mol. The van der Waals surface area contributed by atoms with Crippen molar-refractivity contribution in [2.45, 2.75) is 0 Å². The average Bonchev–Trinajstić information content (AvgIpc) is 2.56. The van der Waals surface area contributed by atoms with Crippen molar-refractivity contribution in [3.05, 3.63) is 53.8 Å². The van der Waals surface area contributed by atoms with Crippen LogP contribution in [-0.2, 0) is 4.74 Å². The molecule has 120 valence electrons. The molecule has 1 heterocycles. The zero-order valence-corrected chi connectivity index (χ0v) is 12.6. The third-order valence-electron chi connectivity index (χ3n) is 3.72. The van der Waals surface area contributed by atoms with Gasteiger partial charge in [0.15, 0.2) is 0 Å². The summed E-state index contributed by atoms with van der Waals surface area (Å²) in [4.78, 5) is 14.3. The van der Waals surface area contributed by atoms with Gasteiger partial charge in [0.2, 0.25) is 0 Å². The second-order valence-corrected chi connectivity index (χ2v) is 5.34. The summed E-state index contributed by atoms with van der Waals surface area (Å²) in [7, 11) is 0. The Morgan fingerprint density at radius 2 is 1.96 bits per heavy atom. The third-order valence-corrected chi connectivity index (χ3v) is 3.72. The number of hydrogen-bond acceptors (Lipinski definition) is 4. The quantitative estimate of drug-likeness (QED) is 0.854. The summed E-state index contributed by atoms with van der Waals surface area (Å²) in [5.41, 5.74) is 8.45. The molecule has 2 aromatic carbocycles. The molecule has 5 nitrogen and oxygen atoms in total. The molecule has 0 radical (unpaired) electrons. The van der Waals surface area contributed by atoms with Crippen LogP contribution in [0, 0.1) is 5.82 Å². The van der Waals surface area contributed by atoms with Crippen LogP contribution in [0.4, 0.5) is 21.5 Å². The number of nitrogens with two attached hydrogens (primary N) is 1. The molecule has 6 heteroatoms. The lowest BCUT2D eigenvalue weighted by molar-refractivity contribution is 0.102. The second kappa shape index (κ2) is 6.66. The standard InChI is InChI=1S/C17H18FN3O2/c18-13-3-1-2-12(10-13)17(22)20-14-4-5-16(15(19)11-14)21-6-8-23-9-7-21/h1-5,10-11H,6-9,19H2,(H,20,22). The summed E-state index contributed by atoms with van der Waals surface area (Å²) in [6.45, 7) is 2.94. The molecule has 1 amide bonds. The number of morpholine rings is 1. The number of anilines is 3. The molecule has 0 spiro atoms. The number of ether oxygens (including phenoxy) is 1. The lowest BCUT2D eigenvalue weighted by Crippen LogP contribution is -2.36. The number of nitrogens with one attached hydrogen (secondary N) is 1. The fraction of sp³-hybridized carbons (Fsp3) is 0.235. The number of benzene rings is 2. The van der Waals surface area contributed by atoms with Crippen molar-refractivity contribution in [2.75, 3.05) is 42.3 Å². The van der Waals surface area contributed by atoms with Gasteiger partial charge in [-0.15, -0.1) is 0 Å². The molecular weight excluding hydrogens is 297 g/mol. The summed E-state index contributed by atoms with van der Waals surface area (Å²) < 4.78 is 18.5. The predicted octanol–water partition coefficient (Wildman–Crippen LogP) is 2.50. The van der Waals surface area contributed by atoms with E-state index in [9.17, 15) is 9.18 Å². The van der Waals surface area contributed by atoms with E-state index < -0.39 is 5.82 Å². The summed E-state index contributed by atoms with van der Waals surface area (Å²) >= 11 is 0. The zero-order valence-electron chi connectivity index (χ0n) is 12.6. The van der Waals surface area contributed by atoms with Gasteiger partial charge < -0.3 is 20.7 Å². The molecule has 0 bridgehead atoms. The molecule has 0 aromatic heterocycles. The highest BCUT2D eigenvalue weighted by molar-refractivity contribution is 6.04. The fourth-order valence-corrected chi connectivity index (χ4v) is 2.56. The highest BCUT2D eigenvalue weighted by Gasteiger charge is 2.14. The maximum absolute atomic E-state index is 13.2. The number of carbonyl (C=O) groups excluding carboxylic acids is 1. The van der Waals surface area contributed by atoms with Crippen LogP contribution in [-0.4, -0.2) is 32.2 Å². The topological polar surface area (TPSA) is 67.6 Å². The maximum atomic E-state index is 13.2. The highest BCUT2D eigenvalue weighted by atomic mass is 19.1. The molecule has 1 saturated heterocycles. The van der Waals surface area contributed by atoms with E-state index in [4.69, 9.17) is 10.5 Å². The van der Waals surface area contributed by atoms with Crippen molar-refractivity contribution < 1.29 is 13.9 Å². The Kier molecular flexibility index (Phi) is 4.43. The van der Waals surface area contributed by atoms with E-state index in [1.807, 2.05) is 6.07 Å². The molecule has 1 fully saturated rings. The summed E-state index contributed by atoms with van der Waals surface area (Å²) in [6, 6.07) is 10.9. The van der Waals surface area contributed by atoms with Gasteiger partial charge in [-0.2, -0.15) is 0 Å². The van der Waals surface area contributed by atoms with E-state index in [2.05, 4.69) is 10.2 Å². The lowest BCUT2D eigenvalue weighted by atomic mass is 10.2. The zero-order chi connectivity index (χ0) is 16.2. The van der Waals surface area contributed by atoms with Crippen LogP contribution in [0.2, 0.25) is 0 Å². The van der Waals surface area contributed by atoms with Gasteiger partial charge in [0.25, 0.3) is 5.91 Å². The van der Waals surface area contributed by atoms with E-state index in [-0.39, 0.29) is 11.5 Å². The Morgan fingerprint density at radius 3 is 2.65 bits per heavy atom. The van der Waals surface area contributed by atoms with Crippen LogP contribution in [0.1, 0.15) is 10.4 Å². The van der Waals surface area contributed by atoms with E-state index in [1.54, 1.807) is 18.2 Å². The minimum absolute atomic E-state index is 0.265. The Labute approximate surface area is 133 Å². The van der Waals surface area contributed by atoms with Crippen molar-refractivity contribution in [1.82, 2.24) is 0 Å². The number of nitrogens with zero attached hydrogens (tertiary/aromatic N) is 1. The van der Waals surface area contributed by atoms with Gasteiger partial charge in [0, 0.05) is 24.3 Å². The first kappa shape index (κ1) is 15.3. The van der Waals surface area contributed by atoms with Crippen LogP contribution in [0.3, 0.4) is 0 Å². The largest absolute Gasteiger partial charge is 0.397 e. The van der Waals surface area contributed by atoms with Gasteiger partial charge in [-0.1, -0.05) is 6.07 Å². The molecule has 0 aliphatic carbocycles. The molecule has 1 aliphatic rings. The Hall–Kier alpha value is -2.60. The summed E-state index contributed by atoms with van der Waals surface area (Å²) in [5, 5.41) is 2.73. The van der Waals surface area contributed by atoms with Crippen LogP contribution in [0.5, 0.6) is 0 Å². The van der Waals surface area contributed by atoms with Gasteiger partial charge in [-0.05, 0) is 36.4 Å². The third kappa shape index (κ3) is 3.60. The molecule has 0 saturated carbocycles. The molecular formula is C17H18FN3O2. The number of hydrogen-bond donors (Lipinski definition) is 2. The van der Waals surface area contributed by atoms with Gasteiger partial charge in [-0.25, -0.2) is 4.39 Å². The SMILES string of the molecule is Nc1cc(NC(=O)c2cccc(F)c2)ccc1N1CCOCC1. The van der Waals surface area contributed by atoms with Crippen molar-refractivity contribution in [3.8, 4) is 0 Å². The minimum atomic E-state index is -0.445. The van der Waals surface area contributed by atoms with Gasteiger partial charge in [-0.3, -0.25) is 4.79 Å². The minimum Gasteiger partial charge on any atom is -0.397 e. The van der Waals surface area contributed by atoms with Gasteiger partial charge >= 0.3 is 0 Å². The van der Waals surface area contributed by atoms with Crippen molar-refractivity contribution in [2.24, 2.45) is 0 Å². The van der Waals surface area contributed by atoms with Crippen LogP contribution in [0.15, 0.2) is 42.5 Å². The molecule has 3 N–H and O–H groups in total. The van der Waals surface area contributed by atoms with Crippen molar-refractivity contribution >= 4 is 23.0 Å². The van der Waals surface area contributed by atoms with Crippen molar-refractivity contribution in [3.63, 3.8) is 0 Å². The molecule has 3 rings (SSSR count). The lowest BCUT2D eigenvalue weighted by Gasteiger charge is -2.30. The van der Waals surface area contributed by atoms with Crippen LogP contribution >= 0.6 is 0 Å². The normalized spacial score (nSPS) is 14.6. The Bertz CT molecular complexity index is 715. The number of amides is 1. The smallest absolute Gasteiger partial charge is 0.255 e. The Morgan fingerprint density at radius 1 is 1.17 bits per heavy atom. The van der Waals surface area contributed by atoms with Crippen LogP contribution < -0.4 is 16.0 Å². The molecule has 0 atom stereocenters. The second-order valence-electron chi connectivity index (χ2n) is 5.34. The first-order valence-corrected chi connectivity index (χ1v) is 7.42. The summed E-state index contributed by atoms with van der Waals surface area (Å²) in [6.07, 6.45) is 0. The first-order chi connectivity index (χ1) is 11.1. The van der Waals surface area contributed by atoms with E-state index in [0.29, 0.717) is 24.6 Å². The molecule has 2 aromatic rings. The fourth-order valence-electron chi connectivity index (χ4n) is 2.56. The number of nitrogen functional groups attached to an aromatic ring is 1. The van der Waals surface area contributed by atoms with E-state index in [0.717, 1.165) is 18.8 Å². The Balaban J connectivity index is 1.73. The van der Waals surface area contributed by atoms with E-state index >= 15 is 0 Å². The van der Waals surface area contributed by atoms with Gasteiger partial charge in [0.05, 0.1) is 24.6 Å². The van der Waals surface area contributed by atoms with E-state index in [1.165, 1.54) is 18.2 Å². The average molecular weight is 315 g/mol. The highest BCUT2D eigenvalue weighted by Crippen LogP contribution is 2.27. The van der Waals surface area contributed by atoms with Gasteiger partial charge in [0.1, 0.15) is 5.82 Å². The maximum Gasteiger partial charge on any atom is 0.255 e.